The lowest BCUT2D eigenvalue weighted by Crippen LogP contribution is -2.35. The SMILES string of the molecule is CCCCCCCCCCCCNC(=O)c1ccc(C(Cc2c(CCCC)oc3ccccc23)NC(=O)C(=O)O)cc1. The number of nitrogens with one attached hydrogen (secondary N) is 2. The molecule has 0 bridgehead atoms. The van der Waals surface area contributed by atoms with Crippen molar-refractivity contribution in [2.24, 2.45) is 0 Å². The number of hydrogen-bond donors (Lipinski definition) is 3. The maximum Gasteiger partial charge on any atom is 0.394 e. The molecule has 2 aromatic carbocycles. The van der Waals surface area contributed by atoms with Crippen molar-refractivity contribution in [1.29, 1.82) is 0 Å². The number of aliphatic carboxylic acids is 1. The molecule has 0 radical (unpaired) electrons. The van der Waals surface area contributed by atoms with Crippen LogP contribution in [0.5, 0.6) is 0 Å². The third-order valence-electron chi connectivity index (χ3n) is 7.84. The summed E-state index contributed by atoms with van der Waals surface area (Å²) in [4.78, 5) is 36.4. The summed E-state index contributed by atoms with van der Waals surface area (Å²) in [6.45, 7) is 5.00. The normalized spacial score (nSPS) is 11.9. The average Bonchev–Trinajstić information content (AvgIpc) is 3.35. The van der Waals surface area contributed by atoms with Crippen molar-refractivity contribution in [3.05, 3.63) is 71.0 Å². The molecule has 0 aliphatic carbocycles. The first-order valence-corrected chi connectivity index (χ1v) is 15.9. The molecule has 0 aliphatic rings. The molecule has 7 heteroatoms. The molecular weight excluding hydrogens is 528 g/mol. The summed E-state index contributed by atoms with van der Waals surface area (Å²) in [7, 11) is 0. The van der Waals surface area contributed by atoms with E-state index < -0.39 is 17.9 Å². The van der Waals surface area contributed by atoms with Crippen LogP contribution in [0.1, 0.15) is 124 Å². The van der Waals surface area contributed by atoms with Crippen molar-refractivity contribution < 1.29 is 23.9 Å². The van der Waals surface area contributed by atoms with Gasteiger partial charge in [-0.1, -0.05) is 108 Å². The van der Waals surface area contributed by atoms with E-state index in [0.717, 1.165) is 60.0 Å². The van der Waals surface area contributed by atoms with E-state index in [1.165, 1.54) is 51.4 Å². The summed E-state index contributed by atoms with van der Waals surface area (Å²) < 4.78 is 6.15. The van der Waals surface area contributed by atoms with E-state index in [-0.39, 0.29) is 5.91 Å². The molecule has 0 aliphatic heterocycles. The van der Waals surface area contributed by atoms with Crippen LogP contribution in [0, 0.1) is 0 Å². The minimum absolute atomic E-state index is 0.133. The minimum Gasteiger partial charge on any atom is -0.474 e. The fourth-order valence-corrected chi connectivity index (χ4v) is 5.37. The van der Waals surface area contributed by atoms with E-state index in [4.69, 9.17) is 4.42 Å². The molecular formula is C35H48N2O5. The summed E-state index contributed by atoms with van der Waals surface area (Å²) in [5.74, 6) is -1.88. The van der Waals surface area contributed by atoms with Gasteiger partial charge in [0.25, 0.3) is 5.91 Å². The van der Waals surface area contributed by atoms with Gasteiger partial charge in [0, 0.05) is 35.9 Å². The number of benzene rings is 2. The van der Waals surface area contributed by atoms with Crippen LogP contribution in [0.25, 0.3) is 11.0 Å². The molecule has 0 saturated heterocycles. The summed E-state index contributed by atoms with van der Waals surface area (Å²) in [6.07, 6.45) is 15.6. The number of carboxylic acid groups (broad SMARTS) is 1. The van der Waals surface area contributed by atoms with Gasteiger partial charge < -0.3 is 20.2 Å². The highest BCUT2D eigenvalue weighted by Crippen LogP contribution is 2.31. The molecule has 3 aromatic rings. The molecule has 0 fully saturated rings. The number of rotatable bonds is 19. The maximum atomic E-state index is 12.7. The van der Waals surface area contributed by atoms with E-state index in [1.807, 2.05) is 24.3 Å². The smallest absolute Gasteiger partial charge is 0.394 e. The Morgan fingerprint density at radius 1 is 0.786 bits per heavy atom. The third-order valence-corrected chi connectivity index (χ3v) is 7.84. The molecule has 0 saturated carbocycles. The van der Waals surface area contributed by atoms with Gasteiger partial charge in [-0.2, -0.15) is 0 Å². The quantitative estimate of drug-likeness (QED) is 0.0992. The van der Waals surface area contributed by atoms with E-state index in [0.29, 0.717) is 18.5 Å². The Morgan fingerprint density at radius 3 is 2.05 bits per heavy atom. The predicted octanol–water partition coefficient (Wildman–Crippen LogP) is 7.91. The van der Waals surface area contributed by atoms with E-state index in [2.05, 4.69) is 24.5 Å². The van der Waals surface area contributed by atoms with Crippen LogP contribution in [0.15, 0.2) is 52.9 Å². The van der Waals surface area contributed by atoms with E-state index in [1.54, 1.807) is 24.3 Å². The van der Waals surface area contributed by atoms with Gasteiger partial charge in [-0.15, -0.1) is 0 Å². The Hall–Kier alpha value is -3.61. The van der Waals surface area contributed by atoms with Gasteiger partial charge >= 0.3 is 11.9 Å². The van der Waals surface area contributed by atoms with E-state index in [9.17, 15) is 19.5 Å². The molecule has 228 valence electrons. The number of aryl methyl sites for hydroxylation is 1. The fraction of sp³-hybridized carbons (Fsp3) is 0.514. The number of para-hydroxylation sites is 1. The predicted molar refractivity (Wildman–Crippen MR) is 168 cm³/mol. The van der Waals surface area contributed by atoms with Gasteiger partial charge in [-0.3, -0.25) is 9.59 Å². The van der Waals surface area contributed by atoms with Crippen molar-refractivity contribution >= 4 is 28.8 Å². The molecule has 7 nitrogen and oxygen atoms in total. The van der Waals surface area contributed by atoms with Gasteiger partial charge in [-0.05, 0) is 36.6 Å². The summed E-state index contributed by atoms with van der Waals surface area (Å²) >= 11 is 0. The zero-order chi connectivity index (χ0) is 30.2. The Balaban J connectivity index is 1.59. The number of carboxylic acids is 1. The van der Waals surface area contributed by atoms with Gasteiger partial charge in [0.05, 0.1) is 6.04 Å². The topological polar surface area (TPSA) is 109 Å². The second-order valence-electron chi connectivity index (χ2n) is 11.2. The van der Waals surface area contributed by atoms with Crippen LogP contribution in [-0.2, 0) is 22.4 Å². The average molecular weight is 577 g/mol. The Bertz CT molecular complexity index is 1260. The number of amides is 2. The number of unbranched alkanes of at least 4 members (excludes halogenated alkanes) is 10. The van der Waals surface area contributed by atoms with Crippen LogP contribution in [0.4, 0.5) is 0 Å². The lowest BCUT2D eigenvalue weighted by Gasteiger charge is -2.19. The maximum absolute atomic E-state index is 12.7. The molecule has 3 rings (SSSR count). The van der Waals surface area contributed by atoms with Crippen molar-refractivity contribution in [3.8, 4) is 0 Å². The lowest BCUT2D eigenvalue weighted by atomic mass is 9.94. The van der Waals surface area contributed by atoms with Gasteiger partial charge in [0.15, 0.2) is 0 Å². The molecule has 1 heterocycles. The first kappa shape index (κ1) is 32.9. The van der Waals surface area contributed by atoms with Crippen LogP contribution < -0.4 is 10.6 Å². The summed E-state index contributed by atoms with van der Waals surface area (Å²) in [5.41, 5.74) is 3.00. The number of hydrogen-bond acceptors (Lipinski definition) is 4. The highest BCUT2D eigenvalue weighted by Gasteiger charge is 2.24. The molecule has 3 N–H and O–H groups in total. The van der Waals surface area contributed by atoms with Gasteiger partial charge in [0.2, 0.25) is 0 Å². The Morgan fingerprint density at radius 2 is 1.40 bits per heavy atom. The zero-order valence-corrected chi connectivity index (χ0v) is 25.4. The molecule has 0 spiro atoms. The van der Waals surface area contributed by atoms with Gasteiger partial charge in [-0.25, -0.2) is 4.79 Å². The lowest BCUT2D eigenvalue weighted by molar-refractivity contribution is -0.150. The molecule has 42 heavy (non-hydrogen) atoms. The van der Waals surface area contributed by atoms with Crippen LogP contribution in [0.2, 0.25) is 0 Å². The van der Waals surface area contributed by atoms with Crippen molar-refractivity contribution in [2.75, 3.05) is 6.54 Å². The Kier molecular flexibility index (Phi) is 14.1. The van der Waals surface area contributed by atoms with Gasteiger partial charge in [0.1, 0.15) is 11.3 Å². The summed E-state index contributed by atoms with van der Waals surface area (Å²) in [5, 5.41) is 15.9. The number of furan rings is 1. The number of carbonyl (C=O) groups is 3. The molecule has 1 unspecified atom stereocenters. The second kappa shape index (κ2) is 18.0. The third kappa shape index (κ3) is 10.3. The molecule has 1 aromatic heterocycles. The Labute approximate surface area is 250 Å². The second-order valence-corrected chi connectivity index (χ2v) is 11.2. The van der Waals surface area contributed by atoms with Crippen molar-refractivity contribution in [2.45, 2.75) is 110 Å². The molecule has 1 atom stereocenters. The highest BCUT2D eigenvalue weighted by molar-refractivity contribution is 6.31. The molecule has 2 amide bonds. The first-order valence-electron chi connectivity index (χ1n) is 15.9. The monoisotopic (exact) mass is 576 g/mol. The van der Waals surface area contributed by atoms with Crippen molar-refractivity contribution in [1.82, 2.24) is 10.6 Å². The van der Waals surface area contributed by atoms with Crippen LogP contribution >= 0.6 is 0 Å². The zero-order valence-electron chi connectivity index (χ0n) is 25.4. The minimum atomic E-state index is -1.54. The van der Waals surface area contributed by atoms with Crippen LogP contribution in [-0.4, -0.2) is 29.4 Å². The van der Waals surface area contributed by atoms with Crippen LogP contribution in [0.3, 0.4) is 0 Å². The summed E-state index contributed by atoms with van der Waals surface area (Å²) in [6, 6.07) is 14.2. The van der Waals surface area contributed by atoms with Crippen molar-refractivity contribution in [3.63, 3.8) is 0 Å². The number of carbonyl (C=O) groups excluding carboxylic acids is 2. The highest BCUT2D eigenvalue weighted by atomic mass is 16.4. The largest absolute Gasteiger partial charge is 0.474 e. The fourth-order valence-electron chi connectivity index (χ4n) is 5.37. The standard InChI is InChI=1S/C35H48N2O5/c1-3-5-7-8-9-10-11-12-13-16-24-36-33(38)27-22-20-26(21-23-27)30(37-34(39)35(40)41)25-29-28-17-14-15-19-31(28)42-32(29)18-6-4-2/h14-15,17,19-23,30H,3-13,16,18,24-25H2,1-2H3,(H,36,38)(H,37,39)(H,40,41). The first-order chi connectivity index (χ1) is 20.4. The van der Waals surface area contributed by atoms with E-state index >= 15 is 0 Å². The number of fused-ring (bicyclic) bond motifs is 1.